The Morgan fingerprint density at radius 2 is 1.70 bits per heavy atom. The fourth-order valence-electron chi connectivity index (χ4n) is 6.01. The summed E-state index contributed by atoms with van der Waals surface area (Å²) in [7, 11) is 3.14. The van der Waals surface area contributed by atoms with Crippen LogP contribution in [-0.4, -0.2) is 37.7 Å². The normalized spacial score (nSPS) is 30.2. The molecule has 30 heavy (non-hydrogen) atoms. The third kappa shape index (κ3) is 4.32. The van der Waals surface area contributed by atoms with E-state index in [1.807, 2.05) is 0 Å². The Hall–Kier alpha value is -2.50. The number of benzene rings is 1. The molecule has 0 unspecified atom stereocenters. The van der Waals surface area contributed by atoms with Crippen molar-refractivity contribution in [1.29, 1.82) is 0 Å². The highest BCUT2D eigenvalue weighted by atomic mass is 16.5. The molecule has 162 valence electrons. The smallest absolute Gasteiger partial charge is 0.331 e. The van der Waals surface area contributed by atoms with Gasteiger partial charge in [-0.25, -0.2) is 4.79 Å². The molecule has 1 N–H and O–H groups in total. The van der Waals surface area contributed by atoms with Crippen LogP contribution in [0.4, 0.5) is 0 Å². The predicted molar refractivity (Wildman–Crippen MR) is 113 cm³/mol. The maximum atomic E-state index is 12.8. The van der Waals surface area contributed by atoms with Crippen LogP contribution >= 0.6 is 0 Å². The van der Waals surface area contributed by atoms with Gasteiger partial charge in [0.2, 0.25) is 0 Å². The van der Waals surface area contributed by atoms with Crippen molar-refractivity contribution in [3.05, 3.63) is 29.8 Å². The highest BCUT2D eigenvalue weighted by Crippen LogP contribution is 2.55. The molecule has 1 amide bonds. The molecule has 6 heteroatoms. The summed E-state index contributed by atoms with van der Waals surface area (Å²) in [4.78, 5) is 25.0. The zero-order valence-corrected chi connectivity index (χ0v) is 18.0. The molecule has 0 aliphatic heterocycles. The number of rotatable bonds is 7. The molecule has 0 radical (unpaired) electrons. The predicted octanol–water partition coefficient (Wildman–Crippen LogP) is 3.73. The second-order valence-electron chi connectivity index (χ2n) is 9.21. The van der Waals surface area contributed by atoms with Gasteiger partial charge >= 0.3 is 5.97 Å². The van der Waals surface area contributed by atoms with Crippen molar-refractivity contribution < 1.29 is 23.8 Å². The largest absolute Gasteiger partial charge is 0.497 e. The van der Waals surface area contributed by atoms with Crippen LogP contribution in [0.25, 0.3) is 6.08 Å². The molecule has 4 saturated carbocycles. The molecular formula is C24H31NO5. The van der Waals surface area contributed by atoms with E-state index >= 15 is 0 Å². The number of carbonyl (C=O) groups is 2. The van der Waals surface area contributed by atoms with Gasteiger partial charge in [-0.15, -0.1) is 0 Å². The van der Waals surface area contributed by atoms with Crippen molar-refractivity contribution in [2.75, 3.05) is 14.2 Å². The third-order valence-corrected chi connectivity index (χ3v) is 6.93. The number of hydrogen-bond donors (Lipinski definition) is 1. The number of methoxy groups -OCH3 is 2. The number of hydrogen-bond acceptors (Lipinski definition) is 5. The molecule has 6 nitrogen and oxygen atoms in total. The Balaban J connectivity index is 1.33. The lowest BCUT2D eigenvalue weighted by Gasteiger charge is -2.57. The minimum atomic E-state index is -0.826. The summed E-state index contributed by atoms with van der Waals surface area (Å²) in [5.74, 6) is 2.75. The minimum Gasteiger partial charge on any atom is -0.497 e. The monoisotopic (exact) mass is 413 g/mol. The molecule has 5 rings (SSSR count). The molecule has 1 aromatic carbocycles. The van der Waals surface area contributed by atoms with E-state index in [1.54, 1.807) is 45.4 Å². The summed E-state index contributed by atoms with van der Waals surface area (Å²) < 4.78 is 15.9. The topological polar surface area (TPSA) is 73.9 Å². The lowest BCUT2D eigenvalue weighted by atomic mass is 9.53. The molecule has 4 fully saturated rings. The SMILES string of the molecule is COc1ccc(/C=C/C(=O)O[C@H](C)C(=O)NC23CC4CC(CC(C4)C2)C3)c(OC)c1. The highest BCUT2D eigenvalue weighted by Gasteiger charge is 2.51. The standard InChI is InChI=1S/C24H31NO5/c1-15(23(27)25-24-12-16-8-17(13-24)10-18(9-16)14-24)30-22(26)7-5-19-4-6-20(28-2)11-21(19)29-3/h4-7,11,15-18H,8-10,12-14H2,1-3H3,(H,25,27)/b7-5+/t15-,16?,17?,18?,24?/m1/s1. The Morgan fingerprint density at radius 1 is 1.07 bits per heavy atom. The lowest BCUT2D eigenvalue weighted by Crippen LogP contribution is -2.61. The fraction of sp³-hybridized carbons (Fsp3) is 0.583. The van der Waals surface area contributed by atoms with Gasteiger partial charge in [-0.3, -0.25) is 4.79 Å². The highest BCUT2D eigenvalue weighted by molar-refractivity contribution is 5.91. The van der Waals surface area contributed by atoms with Gasteiger partial charge in [0, 0.05) is 23.2 Å². The van der Waals surface area contributed by atoms with Gasteiger partial charge in [-0.1, -0.05) is 0 Å². The molecule has 4 aliphatic carbocycles. The third-order valence-electron chi connectivity index (χ3n) is 6.93. The van der Waals surface area contributed by atoms with Crippen LogP contribution in [-0.2, 0) is 14.3 Å². The van der Waals surface area contributed by atoms with Crippen molar-refractivity contribution in [3.8, 4) is 11.5 Å². The van der Waals surface area contributed by atoms with Crippen LogP contribution in [0.15, 0.2) is 24.3 Å². The second-order valence-corrected chi connectivity index (χ2v) is 9.21. The Kier molecular flexibility index (Phi) is 5.76. The van der Waals surface area contributed by atoms with Gasteiger partial charge < -0.3 is 19.5 Å². The van der Waals surface area contributed by atoms with Crippen molar-refractivity contribution in [3.63, 3.8) is 0 Å². The number of ether oxygens (including phenoxy) is 3. The number of amides is 1. The summed E-state index contributed by atoms with van der Waals surface area (Å²) in [6.07, 6.45) is 9.28. The molecule has 0 saturated heterocycles. The van der Waals surface area contributed by atoms with E-state index in [9.17, 15) is 9.59 Å². The molecule has 0 heterocycles. The first-order valence-electron chi connectivity index (χ1n) is 10.8. The second kappa shape index (κ2) is 8.32. The van der Waals surface area contributed by atoms with Crippen LogP contribution in [0.5, 0.6) is 11.5 Å². The Bertz CT molecular complexity index is 811. The maximum absolute atomic E-state index is 12.8. The molecule has 1 atom stereocenters. The molecule has 1 aromatic rings. The lowest BCUT2D eigenvalue weighted by molar-refractivity contribution is -0.152. The van der Waals surface area contributed by atoms with E-state index < -0.39 is 12.1 Å². The van der Waals surface area contributed by atoms with E-state index in [0.717, 1.165) is 42.6 Å². The number of esters is 1. The van der Waals surface area contributed by atoms with Crippen molar-refractivity contribution in [1.82, 2.24) is 5.32 Å². The first-order chi connectivity index (χ1) is 14.4. The maximum Gasteiger partial charge on any atom is 0.331 e. The summed E-state index contributed by atoms with van der Waals surface area (Å²) in [5.41, 5.74) is 0.639. The quantitative estimate of drug-likeness (QED) is 0.545. The average molecular weight is 414 g/mol. The molecule has 0 spiro atoms. The number of carbonyl (C=O) groups excluding carboxylic acids is 2. The van der Waals surface area contributed by atoms with Crippen LogP contribution in [0, 0.1) is 17.8 Å². The first kappa shape index (κ1) is 20.8. The van der Waals surface area contributed by atoms with Crippen molar-refractivity contribution in [2.45, 2.75) is 57.1 Å². The summed E-state index contributed by atoms with van der Waals surface area (Å²) >= 11 is 0. The van der Waals surface area contributed by atoms with E-state index in [1.165, 1.54) is 25.3 Å². The van der Waals surface area contributed by atoms with Gasteiger partial charge in [0.25, 0.3) is 5.91 Å². The van der Waals surface area contributed by atoms with Gasteiger partial charge in [0.05, 0.1) is 14.2 Å². The fourth-order valence-corrected chi connectivity index (χ4v) is 6.01. The molecule has 4 bridgehead atoms. The van der Waals surface area contributed by atoms with Crippen LogP contribution in [0.1, 0.15) is 51.0 Å². The van der Waals surface area contributed by atoms with Crippen molar-refractivity contribution in [2.24, 2.45) is 17.8 Å². The van der Waals surface area contributed by atoms with E-state index in [0.29, 0.717) is 11.5 Å². The number of nitrogens with one attached hydrogen (secondary N) is 1. The first-order valence-corrected chi connectivity index (χ1v) is 10.8. The molecule has 4 aliphatic rings. The summed E-state index contributed by atoms with van der Waals surface area (Å²) in [6.45, 7) is 1.63. The van der Waals surface area contributed by atoms with E-state index in [2.05, 4.69) is 5.32 Å². The zero-order chi connectivity index (χ0) is 21.3. The summed E-state index contributed by atoms with van der Waals surface area (Å²) in [6, 6.07) is 5.33. The van der Waals surface area contributed by atoms with Gasteiger partial charge in [-0.05, 0) is 81.4 Å². The molecule has 0 aromatic heterocycles. The van der Waals surface area contributed by atoms with E-state index in [-0.39, 0.29) is 11.4 Å². The van der Waals surface area contributed by atoms with E-state index in [4.69, 9.17) is 14.2 Å². The summed E-state index contributed by atoms with van der Waals surface area (Å²) in [5, 5.41) is 3.26. The van der Waals surface area contributed by atoms with Gasteiger partial charge in [0.1, 0.15) is 11.5 Å². The van der Waals surface area contributed by atoms with Gasteiger partial charge in [0.15, 0.2) is 6.10 Å². The Labute approximate surface area is 178 Å². The van der Waals surface area contributed by atoms with Crippen LogP contribution in [0.2, 0.25) is 0 Å². The molecular weight excluding hydrogens is 382 g/mol. The zero-order valence-electron chi connectivity index (χ0n) is 18.0. The van der Waals surface area contributed by atoms with Gasteiger partial charge in [-0.2, -0.15) is 0 Å². The van der Waals surface area contributed by atoms with Crippen LogP contribution in [0.3, 0.4) is 0 Å². The Morgan fingerprint density at radius 3 is 2.27 bits per heavy atom. The minimum absolute atomic E-state index is 0.0845. The van der Waals surface area contributed by atoms with Crippen LogP contribution < -0.4 is 14.8 Å². The average Bonchev–Trinajstić information content (AvgIpc) is 2.70. The van der Waals surface area contributed by atoms with Crippen molar-refractivity contribution >= 4 is 18.0 Å².